The van der Waals surface area contributed by atoms with E-state index in [0.717, 1.165) is 6.42 Å². The van der Waals surface area contributed by atoms with Gasteiger partial charge in [0.25, 0.3) is 0 Å². The molecule has 3 rings (SSSR count). The number of carbonyl (C=O) groups is 3. The average molecular weight is 559 g/mol. The van der Waals surface area contributed by atoms with Crippen LogP contribution in [0.2, 0.25) is 5.02 Å². The van der Waals surface area contributed by atoms with Crippen molar-refractivity contribution in [1.82, 2.24) is 5.43 Å². The fourth-order valence-electron chi connectivity index (χ4n) is 2.71. The normalized spacial score (nSPS) is 10.6. The molecule has 0 radical (unpaired) electrons. The molecule has 0 fully saturated rings. The smallest absolute Gasteiger partial charge is 0.343 e. The van der Waals surface area contributed by atoms with E-state index in [9.17, 15) is 14.4 Å². The molecule has 10 heteroatoms. The monoisotopic (exact) mass is 557 g/mol. The van der Waals surface area contributed by atoms with E-state index in [1.807, 2.05) is 6.92 Å². The van der Waals surface area contributed by atoms with Gasteiger partial charge in [-0.15, -0.1) is 0 Å². The van der Waals surface area contributed by atoms with Gasteiger partial charge < -0.3 is 14.8 Å². The number of anilines is 1. The summed E-state index contributed by atoms with van der Waals surface area (Å²) < 4.78 is 11.7. The van der Waals surface area contributed by atoms with Gasteiger partial charge in [0.05, 0.1) is 18.4 Å². The van der Waals surface area contributed by atoms with Gasteiger partial charge in [-0.1, -0.05) is 34.5 Å². The van der Waals surface area contributed by atoms with Crippen molar-refractivity contribution in [2.45, 2.75) is 13.3 Å². The molecule has 0 bridgehead atoms. The van der Waals surface area contributed by atoms with Crippen LogP contribution < -0.4 is 20.2 Å². The summed E-state index contributed by atoms with van der Waals surface area (Å²) in [6.07, 6.45) is 2.15. The standard InChI is InChI=1S/C25H21BrClN3O5/c1-2-13-34-21-10-3-16(4-11-21)25(33)35-22-12-5-18(26)14-17(22)15-28-30-24(32)23(31)29-20-8-6-19(27)7-9-20/h3-12,14-15H,2,13H2,1H3,(H,29,31)(H,30,32)/b28-15+. The minimum Gasteiger partial charge on any atom is -0.494 e. The molecule has 8 nitrogen and oxygen atoms in total. The van der Waals surface area contributed by atoms with Crippen LogP contribution in [-0.4, -0.2) is 30.6 Å². The number of nitrogens with one attached hydrogen (secondary N) is 2. The van der Waals surface area contributed by atoms with Gasteiger partial charge in [0.15, 0.2) is 0 Å². The van der Waals surface area contributed by atoms with Gasteiger partial charge in [0, 0.05) is 20.7 Å². The third-order valence-electron chi connectivity index (χ3n) is 4.42. The molecule has 2 N–H and O–H groups in total. The number of rotatable bonds is 8. The minimum atomic E-state index is -0.977. The molecule has 0 aromatic heterocycles. The molecule has 180 valence electrons. The van der Waals surface area contributed by atoms with Gasteiger partial charge in [-0.2, -0.15) is 5.10 Å². The second kappa shape index (κ2) is 12.7. The molecule has 0 saturated carbocycles. The summed E-state index contributed by atoms with van der Waals surface area (Å²) in [4.78, 5) is 36.7. The lowest BCUT2D eigenvalue weighted by molar-refractivity contribution is -0.136. The van der Waals surface area contributed by atoms with Gasteiger partial charge in [-0.25, -0.2) is 10.2 Å². The zero-order valence-corrected chi connectivity index (χ0v) is 20.9. The highest BCUT2D eigenvalue weighted by Gasteiger charge is 2.14. The van der Waals surface area contributed by atoms with E-state index in [2.05, 4.69) is 31.8 Å². The number of nitrogens with zero attached hydrogens (tertiary/aromatic N) is 1. The maximum Gasteiger partial charge on any atom is 0.343 e. The number of amides is 2. The van der Waals surface area contributed by atoms with E-state index >= 15 is 0 Å². The number of hydrogen-bond donors (Lipinski definition) is 2. The first-order valence-corrected chi connectivity index (χ1v) is 11.7. The number of hydrogen-bond acceptors (Lipinski definition) is 6. The van der Waals surface area contributed by atoms with Gasteiger partial charge in [0.1, 0.15) is 11.5 Å². The van der Waals surface area contributed by atoms with Crippen LogP contribution in [0, 0.1) is 0 Å². The predicted molar refractivity (Wildman–Crippen MR) is 137 cm³/mol. The summed E-state index contributed by atoms with van der Waals surface area (Å²) in [6, 6.07) is 17.8. The molecule has 0 aliphatic carbocycles. The second-order valence-electron chi connectivity index (χ2n) is 7.10. The fraction of sp³-hybridized carbons (Fsp3) is 0.120. The summed E-state index contributed by atoms with van der Waals surface area (Å²) in [5, 5.41) is 6.73. The lowest BCUT2D eigenvalue weighted by atomic mass is 10.2. The van der Waals surface area contributed by atoms with Crippen molar-refractivity contribution >= 4 is 57.2 Å². The number of carbonyl (C=O) groups excluding carboxylic acids is 3. The van der Waals surface area contributed by atoms with Gasteiger partial charge in [-0.3, -0.25) is 9.59 Å². The van der Waals surface area contributed by atoms with Crippen molar-refractivity contribution in [2.24, 2.45) is 5.10 Å². The fourth-order valence-corrected chi connectivity index (χ4v) is 3.22. The molecule has 3 aromatic rings. The molecule has 0 aliphatic rings. The van der Waals surface area contributed by atoms with Crippen LogP contribution >= 0.6 is 27.5 Å². The number of benzene rings is 3. The Labute approximate surface area is 215 Å². The Hall–Kier alpha value is -3.69. The van der Waals surface area contributed by atoms with Gasteiger partial charge in [0.2, 0.25) is 0 Å². The number of halogens is 2. The molecular weight excluding hydrogens is 538 g/mol. The largest absolute Gasteiger partial charge is 0.494 e. The van der Waals surface area contributed by atoms with E-state index in [1.165, 1.54) is 6.21 Å². The molecule has 3 aromatic carbocycles. The van der Waals surface area contributed by atoms with E-state index in [4.69, 9.17) is 21.1 Å². The minimum absolute atomic E-state index is 0.216. The molecule has 0 saturated heterocycles. The van der Waals surface area contributed by atoms with Crippen LogP contribution in [0.25, 0.3) is 0 Å². The van der Waals surface area contributed by atoms with Crippen LogP contribution in [0.4, 0.5) is 5.69 Å². The van der Waals surface area contributed by atoms with Crippen molar-refractivity contribution in [2.75, 3.05) is 11.9 Å². The van der Waals surface area contributed by atoms with Crippen molar-refractivity contribution in [3.8, 4) is 11.5 Å². The molecule has 0 aliphatic heterocycles. The quantitative estimate of drug-likeness (QED) is 0.130. The third-order valence-corrected chi connectivity index (χ3v) is 5.16. The van der Waals surface area contributed by atoms with Crippen molar-refractivity contribution in [1.29, 1.82) is 0 Å². The summed E-state index contributed by atoms with van der Waals surface area (Å²) >= 11 is 9.14. The topological polar surface area (TPSA) is 106 Å². The highest BCUT2D eigenvalue weighted by molar-refractivity contribution is 9.10. The molecular formula is C25H21BrClN3O5. The summed E-state index contributed by atoms with van der Waals surface area (Å²) in [7, 11) is 0. The van der Waals surface area contributed by atoms with E-state index in [-0.39, 0.29) is 5.75 Å². The van der Waals surface area contributed by atoms with E-state index < -0.39 is 17.8 Å². The van der Waals surface area contributed by atoms with Crippen molar-refractivity contribution in [3.05, 3.63) is 87.4 Å². The number of ether oxygens (including phenoxy) is 2. The predicted octanol–water partition coefficient (Wildman–Crippen LogP) is 5.20. The Morgan fingerprint density at radius 2 is 1.71 bits per heavy atom. The first kappa shape index (κ1) is 25.9. The zero-order valence-electron chi connectivity index (χ0n) is 18.6. The summed E-state index contributed by atoms with van der Waals surface area (Å²) in [5.74, 6) is -1.58. The Kier molecular flexibility index (Phi) is 9.39. The molecule has 0 unspecified atom stereocenters. The highest BCUT2D eigenvalue weighted by Crippen LogP contribution is 2.23. The Bertz CT molecular complexity index is 1230. The average Bonchev–Trinajstić information content (AvgIpc) is 2.85. The maximum absolute atomic E-state index is 12.6. The van der Waals surface area contributed by atoms with Crippen LogP contribution in [-0.2, 0) is 9.59 Å². The third kappa shape index (κ3) is 7.94. The van der Waals surface area contributed by atoms with Crippen molar-refractivity contribution in [3.63, 3.8) is 0 Å². The Morgan fingerprint density at radius 1 is 1.00 bits per heavy atom. The van der Waals surface area contributed by atoms with Crippen LogP contribution in [0.5, 0.6) is 11.5 Å². The van der Waals surface area contributed by atoms with Gasteiger partial charge in [-0.05, 0) is 73.2 Å². The molecule has 2 amide bonds. The summed E-state index contributed by atoms with van der Waals surface area (Å²) in [5.41, 5.74) is 3.28. The van der Waals surface area contributed by atoms with E-state index in [1.54, 1.807) is 66.7 Å². The summed E-state index contributed by atoms with van der Waals surface area (Å²) in [6.45, 7) is 2.59. The Balaban J connectivity index is 1.63. The number of esters is 1. The lowest BCUT2D eigenvalue weighted by Crippen LogP contribution is -2.32. The van der Waals surface area contributed by atoms with Crippen LogP contribution in [0.15, 0.2) is 76.3 Å². The SMILES string of the molecule is CCCOc1ccc(C(=O)Oc2ccc(Br)cc2/C=N/NC(=O)C(=O)Nc2ccc(Cl)cc2)cc1. The molecule has 35 heavy (non-hydrogen) atoms. The Morgan fingerprint density at radius 3 is 2.40 bits per heavy atom. The molecule has 0 spiro atoms. The second-order valence-corrected chi connectivity index (χ2v) is 8.46. The van der Waals surface area contributed by atoms with Crippen LogP contribution in [0.1, 0.15) is 29.3 Å². The maximum atomic E-state index is 12.6. The molecule has 0 atom stereocenters. The number of hydrazone groups is 1. The zero-order chi connectivity index (χ0) is 25.2. The lowest BCUT2D eigenvalue weighted by Gasteiger charge is -2.09. The van der Waals surface area contributed by atoms with Crippen LogP contribution in [0.3, 0.4) is 0 Å². The first-order chi connectivity index (χ1) is 16.9. The highest BCUT2D eigenvalue weighted by atomic mass is 79.9. The molecule has 0 heterocycles. The van der Waals surface area contributed by atoms with Crippen molar-refractivity contribution < 1.29 is 23.9 Å². The van der Waals surface area contributed by atoms with E-state index in [0.29, 0.717) is 38.7 Å². The first-order valence-electron chi connectivity index (χ1n) is 10.5. The van der Waals surface area contributed by atoms with Gasteiger partial charge >= 0.3 is 17.8 Å².